The van der Waals surface area contributed by atoms with Crippen LogP contribution in [0.3, 0.4) is 0 Å². The molecule has 20 heteroatoms. The number of nitrogens with two attached hydrogens (primary N) is 1. The number of ether oxygens (including phenoxy) is 6. The number of carbonyl (C=O) groups is 4. The van der Waals surface area contributed by atoms with Crippen LogP contribution in [0.1, 0.15) is 97.3 Å². The summed E-state index contributed by atoms with van der Waals surface area (Å²) in [5.41, 5.74) is 10.4. The Bertz CT molecular complexity index is 4110. The van der Waals surface area contributed by atoms with E-state index in [2.05, 4.69) is 61.8 Å². The highest BCUT2D eigenvalue weighted by atomic mass is 16.7. The number of esters is 4. The summed E-state index contributed by atoms with van der Waals surface area (Å²) in [5.74, 6) is -1.47. The van der Waals surface area contributed by atoms with Gasteiger partial charge in [-0.1, -0.05) is 178 Å². The predicted molar refractivity (Wildman–Crippen MR) is 329 cm³/mol. The fourth-order valence-corrected chi connectivity index (χ4v) is 11.2. The largest absolute Gasteiger partial charge is 0.452 e. The van der Waals surface area contributed by atoms with Crippen molar-refractivity contribution in [2.45, 2.75) is 81.3 Å². The molecule has 3 N–H and O–H groups in total. The van der Waals surface area contributed by atoms with Gasteiger partial charge in [-0.15, -0.1) is 0 Å². The zero-order valence-electron chi connectivity index (χ0n) is 48.3. The van der Waals surface area contributed by atoms with Gasteiger partial charge in [0.2, 0.25) is 0 Å². The minimum atomic E-state index is -1.07. The van der Waals surface area contributed by atoms with E-state index < -0.39 is 78.5 Å². The lowest BCUT2D eigenvalue weighted by Gasteiger charge is -2.37. The molecule has 2 fully saturated rings. The number of nitrogens with zero attached hydrogens (tertiary/aromatic N) is 8. The molecule has 20 nitrogen and oxygen atoms in total. The van der Waals surface area contributed by atoms with Crippen molar-refractivity contribution in [3.63, 3.8) is 0 Å². The van der Waals surface area contributed by atoms with Gasteiger partial charge in [-0.05, 0) is 78.1 Å². The number of carbonyl (C=O) groups excluding carboxylic acids is 4. The van der Waals surface area contributed by atoms with E-state index >= 15 is 0 Å². The van der Waals surface area contributed by atoms with Gasteiger partial charge in [0.1, 0.15) is 42.0 Å². The number of nitrogen functional groups attached to an aromatic ring is 1. The highest BCUT2D eigenvalue weighted by Crippen LogP contribution is 2.43. The Balaban J connectivity index is 0.000000190. The molecule has 0 spiro atoms. The molecule has 6 heterocycles. The maximum absolute atomic E-state index is 13.6. The first-order valence-electron chi connectivity index (χ1n) is 29.0. The molecule has 0 amide bonds. The van der Waals surface area contributed by atoms with Crippen LogP contribution in [0.15, 0.2) is 237 Å². The third-order valence-electron chi connectivity index (χ3n) is 15.6. The number of hydrogen-bond acceptors (Lipinski definition) is 18. The molecule has 8 atom stereocenters. The highest BCUT2D eigenvalue weighted by molar-refractivity contribution is 5.92. The van der Waals surface area contributed by atoms with Crippen molar-refractivity contribution in [3.05, 3.63) is 276 Å². The molecule has 0 aliphatic carbocycles. The Morgan fingerprint density at radius 1 is 0.438 bits per heavy atom. The standard InChI is InChI=1S/C44H37N5O5.C25H23N5O5/c1-2-36-37(53-42(50)30-18-8-3-9-19-30)38(54-43(51)31-20-10-4-11-21-31)41(52-36)49-40-35(28-47-49)39(45-29-46-40)48-44(32-22-12-5-13-23-32,33-24-14-6-15-25-33)34-26-16-7-17-27-34;1-2-18-19(34-24(31)15-9-5-3-6-10-15)20(35-25(32)16-11-7-4-8-12-16)23(33-18)30-22-17(13-29-30)21(26)27-14-28-22/h3-29,36-38,41H,2H2,1H3,(H,45,46,48);3-14,18-20,23H,2H2,1H3,(H2,26,27,28)/t36-,37+,38?,41-;18-,19+,20?,23-/m11/s1. The van der Waals surface area contributed by atoms with E-state index in [0.29, 0.717) is 63.0 Å². The number of hydrogen-bond donors (Lipinski definition) is 2. The van der Waals surface area contributed by atoms with E-state index in [0.717, 1.165) is 16.7 Å². The minimum Gasteiger partial charge on any atom is -0.452 e. The van der Waals surface area contributed by atoms with E-state index in [4.69, 9.17) is 44.2 Å². The van der Waals surface area contributed by atoms with Crippen molar-refractivity contribution in [2.24, 2.45) is 0 Å². The predicted octanol–water partition coefficient (Wildman–Crippen LogP) is 11.2. The fourth-order valence-electron chi connectivity index (χ4n) is 11.2. The summed E-state index contributed by atoms with van der Waals surface area (Å²) < 4.78 is 40.0. The van der Waals surface area contributed by atoms with Crippen molar-refractivity contribution >= 4 is 57.6 Å². The summed E-state index contributed by atoms with van der Waals surface area (Å²) in [7, 11) is 0. The van der Waals surface area contributed by atoms with E-state index in [-0.39, 0.29) is 5.82 Å². The molecule has 11 aromatic rings. The number of benzene rings is 7. The van der Waals surface area contributed by atoms with Gasteiger partial charge in [0, 0.05) is 0 Å². The molecule has 4 aromatic heterocycles. The lowest BCUT2D eigenvalue weighted by Crippen LogP contribution is -2.39. The van der Waals surface area contributed by atoms with Crippen LogP contribution in [0.4, 0.5) is 11.6 Å². The molecular weight excluding hydrogens is 1130 g/mol. The van der Waals surface area contributed by atoms with Gasteiger partial charge >= 0.3 is 23.9 Å². The normalized spacial score (nSPS) is 19.6. The van der Waals surface area contributed by atoms with Crippen LogP contribution in [0.5, 0.6) is 0 Å². The monoisotopic (exact) mass is 1190 g/mol. The summed E-state index contributed by atoms with van der Waals surface area (Å²) >= 11 is 0. The molecule has 0 saturated carbocycles. The van der Waals surface area contributed by atoms with Crippen molar-refractivity contribution in [1.82, 2.24) is 39.5 Å². The van der Waals surface area contributed by atoms with Gasteiger partial charge in [0.15, 0.2) is 48.2 Å². The van der Waals surface area contributed by atoms with Crippen LogP contribution in [-0.4, -0.2) is 100.0 Å². The zero-order valence-corrected chi connectivity index (χ0v) is 48.3. The zero-order chi connectivity index (χ0) is 61.3. The molecule has 7 aromatic carbocycles. The Kier molecular flexibility index (Phi) is 17.3. The molecular formula is C69H60N10O10. The van der Waals surface area contributed by atoms with Crippen LogP contribution >= 0.6 is 0 Å². The molecule has 2 saturated heterocycles. The van der Waals surface area contributed by atoms with Gasteiger partial charge in [0.25, 0.3) is 0 Å². The Morgan fingerprint density at radius 2 is 0.753 bits per heavy atom. The molecule has 0 radical (unpaired) electrons. The smallest absolute Gasteiger partial charge is 0.338 e. The second-order valence-electron chi connectivity index (χ2n) is 21.0. The fraction of sp³-hybridized carbons (Fsp3) is 0.188. The van der Waals surface area contributed by atoms with Gasteiger partial charge < -0.3 is 39.5 Å². The number of anilines is 2. The highest BCUT2D eigenvalue weighted by Gasteiger charge is 2.53. The third kappa shape index (κ3) is 12.0. The second-order valence-corrected chi connectivity index (χ2v) is 21.0. The van der Waals surface area contributed by atoms with Crippen molar-refractivity contribution in [1.29, 1.82) is 0 Å². The Labute approximate surface area is 511 Å². The third-order valence-corrected chi connectivity index (χ3v) is 15.6. The second kappa shape index (κ2) is 26.3. The first-order valence-corrected chi connectivity index (χ1v) is 29.0. The Hall–Kier alpha value is -11.0. The number of aromatic nitrogens is 8. The average molecular weight is 1190 g/mol. The van der Waals surface area contributed by atoms with E-state index in [9.17, 15) is 19.2 Å². The maximum atomic E-state index is 13.6. The Morgan fingerprint density at radius 3 is 1.11 bits per heavy atom. The molecule has 2 aliphatic heterocycles. The van der Waals surface area contributed by atoms with E-state index in [1.165, 1.54) is 23.5 Å². The summed E-state index contributed by atoms with van der Waals surface area (Å²) in [4.78, 5) is 70.7. The average Bonchev–Trinajstić information content (AvgIpc) is 1.91. The van der Waals surface area contributed by atoms with E-state index in [1.54, 1.807) is 120 Å². The lowest BCUT2D eigenvalue weighted by atomic mass is 9.77. The van der Waals surface area contributed by atoms with Gasteiger partial charge in [-0.25, -0.2) is 48.5 Å². The first kappa shape index (κ1) is 58.4. The quantitative estimate of drug-likeness (QED) is 0.0488. The number of nitrogens with one attached hydrogen (secondary N) is 1. The van der Waals surface area contributed by atoms with Gasteiger partial charge in [-0.3, -0.25) is 0 Å². The van der Waals surface area contributed by atoms with Crippen LogP contribution in [0.2, 0.25) is 0 Å². The van der Waals surface area contributed by atoms with Gasteiger partial charge in [-0.2, -0.15) is 10.2 Å². The first-order chi connectivity index (χ1) is 43.6. The molecule has 13 rings (SSSR count). The van der Waals surface area contributed by atoms with Crippen molar-refractivity contribution < 1.29 is 47.6 Å². The maximum Gasteiger partial charge on any atom is 0.338 e. The van der Waals surface area contributed by atoms with E-state index in [1.807, 2.05) is 80.6 Å². The molecule has 0 bridgehead atoms. The summed E-state index contributed by atoms with van der Waals surface area (Å²) in [6.45, 7) is 3.82. The molecule has 2 aliphatic rings. The summed E-state index contributed by atoms with van der Waals surface area (Å²) in [5, 5.41) is 14.1. The van der Waals surface area contributed by atoms with Gasteiger partial charge in [0.05, 0.1) is 45.4 Å². The number of fused-ring (bicyclic) bond motifs is 2. The summed E-state index contributed by atoms with van der Waals surface area (Å²) in [6, 6.07) is 65.2. The van der Waals surface area contributed by atoms with Crippen molar-refractivity contribution in [2.75, 3.05) is 11.1 Å². The topological polar surface area (TPSA) is 249 Å². The van der Waals surface area contributed by atoms with Crippen molar-refractivity contribution in [3.8, 4) is 0 Å². The van der Waals surface area contributed by atoms with Crippen LogP contribution in [0, 0.1) is 0 Å². The molecule has 2 unspecified atom stereocenters. The summed E-state index contributed by atoms with van der Waals surface area (Å²) in [6.07, 6.45) is -0.00881. The minimum absolute atomic E-state index is 0.260. The molecule has 89 heavy (non-hydrogen) atoms. The van der Waals surface area contributed by atoms with Crippen LogP contribution in [0.25, 0.3) is 22.1 Å². The van der Waals surface area contributed by atoms with Crippen LogP contribution in [-0.2, 0) is 34.0 Å². The lowest BCUT2D eigenvalue weighted by molar-refractivity contribution is -0.0542. The molecule has 446 valence electrons. The van der Waals surface area contributed by atoms with Crippen LogP contribution < -0.4 is 11.1 Å². The SMILES string of the molecule is CC[C@H]1O[C@@H](n2ncc3c(N)ncnc32)C(OC(=O)c2ccccc2)[C@H]1OC(=O)c1ccccc1.CC[C@H]1O[C@@H](n2ncc3c(NC(c4ccccc4)(c4ccccc4)c4ccccc4)ncnc32)C(OC(=O)c2ccccc2)[C@H]1OC(=O)c1ccccc1. The number of rotatable bonds is 17.